The highest BCUT2D eigenvalue weighted by molar-refractivity contribution is 7.09. The van der Waals surface area contributed by atoms with Gasteiger partial charge < -0.3 is 4.74 Å². The topological polar surface area (TPSA) is 38.2 Å². The highest BCUT2D eigenvalue weighted by Crippen LogP contribution is 2.41. The van der Waals surface area contributed by atoms with Gasteiger partial charge in [0.25, 0.3) is 0 Å². The van der Waals surface area contributed by atoms with Crippen molar-refractivity contribution in [3.63, 3.8) is 0 Å². The molecule has 2 aliphatic rings. The molecule has 1 aliphatic carbocycles. The summed E-state index contributed by atoms with van der Waals surface area (Å²) in [4.78, 5) is 11.5. The Hall–Kier alpha value is -1.46. The van der Waals surface area contributed by atoms with Gasteiger partial charge >= 0.3 is 0 Å². The number of hydrogen-bond donors (Lipinski definition) is 0. The molecule has 4 nitrogen and oxygen atoms in total. The summed E-state index contributed by atoms with van der Waals surface area (Å²) < 4.78 is 6.00. The van der Waals surface area contributed by atoms with E-state index in [1.165, 1.54) is 36.4 Å². The van der Waals surface area contributed by atoms with Crippen LogP contribution < -0.4 is 4.74 Å². The highest BCUT2D eigenvalue weighted by atomic mass is 32.1. The van der Waals surface area contributed by atoms with E-state index in [9.17, 15) is 0 Å². The lowest BCUT2D eigenvalue weighted by atomic mass is 9.98. The van der Waals surface area contributed by atoms with Crippen molar-refractivity contribution < 1.29 is 4.74 Å². The van der Waals surface area contributed by atoms with Crippen LogP contribution in [0, 0.1) is 12.8 Å². The first-order valence-electron chi connectivity index (χ1n) is 8.98. The fourth-order valence-electron chi connectivity index (χ4n) is 3.28. The van der Waals surface area contributed by atoms with Crippen LogP contribution in [-0.2, 0) is 6.54 Å². The van der Waals surface area contributed by atoms with Gasteiger partial charge in [0.2, 0.25) is 0 Å². The Bertz CT molecular complexity index is 675. The number of rotatable bonds is 6. The highest BCUT2D eigenvalue weighted by Gasteiger charge is 2.27. The van der Waals surface area contributed by atoms with E-state index >= 15 is 0 Å². The Kier molecular flexibility index (Phi) is 4.81. The molecule has 0 radical (unpaired) electrons. The van der Waals surface area contributed by atoms with Crippen LogP contribution in [0.4, 0.5) is 0 Å². The average molecular weight is 343 g/mol. The van der Waals surface area contributed by atoms with Gasteiger partial charge in [-0.3, -0.25) is 9.88 Å². The van der Waals surface area contributed by atoms with E-state index < -0.39 is 0 Å². The number of pyridine rings is 1. The van der Waals surface area contributed by atoms with Crippen molar-refractivity contribution in [1.82, 2.24) is 14.9 Å². The molecule has 0 amide bonds. The minimum absolute atomic E-state index is 0.659. The lowest BCUT2D eigenvalue weighted by Crippen LogP contribution is -2.35. The summed E-state index contributed by atoms with van der Waals surface area (Å²) in [6.07, 6.45) is 8.77. The van der Waals surface area contributed by atoms with Crippen molar-refractivity contribution in [3.05, 3.63) is 40.1 Å². The Labute approximate surface area is 147 Å². The quantitative estimate of drug-likeness (QED) is 0.794. The number of aryl methyl sites for hydroxylation is 1. The fourth-order valence-corrected chi connectivity index (χ4v) is 4.27. The molecular weight excluding hydrogens is 318 g/mol. The molecule has 128 valence electrons. The van der Waals surface area contributed by atoms with E-state index in [0.717, 1.165) is 43.5 Å². The summed E-state index contributed by atoms with van der Waals surface area (Å²) >= 11 is 1.85. The standard InChI is InChI=1S/C19H25N3OS/c1-14-10-20-7-4-18(14)23-12-15-5-8-22(9-6-15)11-17-13-24-19(21-17)16-2-3-16/h4,7,10,13,15-16H,2-3,5-6,8-9,11-12H2,1H3. The molecule has 1 aliphatic heterocycles. The molecule has 2 fully saturated rings. The largest absolute Gasteiger partial charge is 0.493 e. The second-order valence-corrected chi connectivity index (χ2v) is 8.01. The van der Waals surface area contributed by atoms with Crippen molar-refractivity contribution in [1.29, 1.82) is 0 Å². The number of likely N-dealkylation sites (tertiary alicyclic amines) is 1. The molecule has 0 spiro atoms. The lowest BCUT2D eigenvalue weighted by Gasteiger charge is -2.31. The summed E-state index contributed by atoms with van der Waals surface area (Å²) in [6.45, 7) is 6.19. The smallest absolute Gasteiger partial charge is 0.125 e. The predicted octanol–water partition coefficient (Wildman–Crippen LogP) is 4.01. The van der Waals surface area contributed by atoms with E-state index in [2.05, 4.69) is 22.2 Å². The van der Waals surface area contributed by atoms with Gasteiger partial charge in [0.15, 0.2) is 0 Å². The predicted molar refractivity (Wildman–Crippen MR) is 96.6 cm³/mol. The molecule has 0 aromatic carbocycles. The number of piperidine rings is 1. The second-order valence-electron chi connectivity index (χ2n) is 7.12. The Balaban J connectivity index is 1.22. The third-order valence-electron chi connectivity index (χ3n) is 5.03. The fraction of sp³-hybridized carbons (Fsp3) is 0.579. The van der Waals surface area contributed by atoms with Crippen LogP contribution in [0.25, 0.3) is 0 Å². The van der Waals surface area contributed by atoms with Crippen LogP contribution in [0.3, 0.4) is 0 Å². The van der Waals surface area contributed by atoms with Gasteiger partial charge in [0, 0.05) is 35.8 Å². The molecule has 24 heavy (non-hydrogen) atoms. The van der Waals surface area contributed by atoms with Crippen LogP contribution >= 0.6 is 11.3 Å². The molecule has 1 saturated carbocycles. The molecular formula is C19H25N3OS. The first-order valence-corrected chi connectivity index (χ1v) is 9.86. The van der Waals surface area contributed by atoms with Crippen molar-refractivity contribution in [3.8, 4) is 5.75 Å². The normalized spacial score (nSPS) is 19.5. The molecule has 0 N–H and O–H groups in total. The van der Waals surface area contributed by atoms with Gasteiger partial charge in [0.1, 0.15) is 5.75 Å². The first kappa shape index (κ1) is 16.0. The number of aromatic nitrogens is 2. The molecule has 0 atom stereocenters. The van der Waals surface area contributed by atoms with Crippen LogP contribution in [0.2, 0.25) is 0 Å². The summed E-state index contributed by atoms with van der Waals surface area (Å²) in [5, 5.41) is 3.62. The number of hydrogen-bond acceptors (Lipinski definition) is 5. The van der Waals surface area contributed by atoms with Gasteiger partial charge in [-0.05, 0) is 57.7 Å². The number of nitrogens with zero attached hydrogens (tertiary/aromatic N) is 3. The zero-order chi connectivity index (χ0) is 16.4. The van der Waals surface area contributed by atoms with E-state index in [0.29, 0.717) is 5.92 Å². The molecule has 1 saturated heterocycles. The number of thiazole rings is 1. The zero-order valence-electron chi connectivity index (χ0n) is 14.3. The summed E-state index contributed by atoms with van der Waals surface area (Å²) in [5.41, 5.74) is 2.38. The van der Waals surface area contributed by atoms with Crippen LogP contribution in [-0.4, -0.2) is 34.6 Å². The summed E-state index contributed by atoms with van der Waals surface area (Å²) in [5.74, 6) is 2.41. The van der Waals surface area contributed by atoms with E-state index in [-0.39, 0.29) is 0 Å². The zero-order valence-corrected chi connectivity index (χ0v) is 15.1. The Morgan fingerprint density at radius 3 is 2.83 bits per heavy atom. The summed E-state index contributed by atoms with van der Waals surface area (Å²) in [6, 6.07) is 1.96. The number of ether oxygens (including phenoxy) is 1. The summed E-state index contributed by atoms with van der Waals surface area (Å²) in [7, 11) is 0. The van der Waals surface area contributed by atoms with Crippen LogP contribution in [0.1, 0.15) is 47.9 Å². The van der Waals surface area contributed by atoms with Crippen LogP contribution in [0.5, 0.6) is 5.75 Å². The minimum Gasteiger partial charge on any atom is -0.493 e. The van der Waals surface area contributed by atoms with E-state index in [1.54, 1.807) is 6.20 Å². The maximum absolute atomic E-state index is 6.00. The molecule has 2 aromatic heterocycles. The molecule has 0 unspecified atom stereocenters. The maximum Gasteiger partial charge on any atom is 0.125 e. The molecule has 3 heterocycles. The average Bonchev–Trinajstić information content (AvgIpc) is 3.35. The molecule has 4 rings (SSSR count). The molecule has 5 heteroatoms. The second kappa shape index (κ2) is 7.19. The van der Waals surface area contributed by atoms with Crippen LogP contribution in [0.15, 0.2) is 23.8 Å². The van der Waals surface area contributed by atoms with Gasteiger partial charge in [-0.2, -0.15) is 0 Å². The molecule has 0 bridgehead atoms. The van der Waals surface area contributed by atoms with Gasteiger partial charge in [-0.25, -0.2) is 4.98 Å². The van der Waals surface area contributed by atoms with Crippen molar-refractivity contribution in [2.75, 3.05) is 19.7 Å². The maximum atomic E-state index is 6.00. The van der Waals surface area contributed by atoms with E-state index in [1.807, 2.05) is 23.6 Å². The SMILES string of the molecule is Cc1cnccc1OCC1CCN(Cc2csc(C3CC3)n2)CC1. The van der Waals surface area contributed by atoms with E-state index in [4.69, 9.17) is 9.72 Å². The van der Waals surface area contributed by atoms with Crippen molar-refractivity contribution in [2.24, 2.45) is 5.92 Å². The monoisotopic (exact) mass is 343 g/mol. The first-order chi connectivity index (χ1) is 11.8. The van der Waals surface area contributed by atoms with Gasteiger partial charge in [0.05, 0.1) is 17.3 Å². The van der Waals surface area contributed by atoms with Crippen molar-refractivity contribution >= 4 is 11.3 Å². The van der Waals surface area contributed by atoms with Gasteiger partial charge in [-0.1, -0.05) is 0 Å². The van der Waals surface area contributed by atoms with Crippen molar-refractivity contribution in [2.45, 2.75) is 45.1 Å². The third kappa shape index (κ3) is 3.95. The Morgan fingerprint density at radius 2 is 2.08 bits per heavy atom. The minimum atomic E-state index is 0.659. The lowest BCUT2D eigenvalue weighted by molar-refractivity contribution is 0.135. The Morgan fingerprint density at radius 1 is 1.25 bits per heavy atom. The third-order valence-corrected chi connectivity index (χ3v) is 6.09. The van der Waals surface area contributed by atoms with Gasteiger partial charge in [-0.15, -0.1) is 11.3 Å². The molecule has 2 aromatic rings.